The molecule has 3 unspecified atom stereocenters. The van der Waals surface area contributed by atoms with Crippen molar-refractivity contribution in [1.82, 2.24) is 0 Å². The molecule has 6 heteroatoms. The highest BCUT2D eigenvalue weighted by Gasteiger charge is 2.63. The maximum absolute atomic E-state index is 13.4. The van der Waals surface area contributed by atoms with Crippen molar-refractivity contribution in [1.29, 1.82) is 0 Å². The van der Waals surface area contributed by atoms with Gasteiger partial charge in [0.1, 0.15) is 17.6 Å². The maximum Gasteiger partial charge on any atom is 0.224 e. The van der Waals surface area contributed by atoms with Crippen LogP contribution in [0.1, 0.15) is 168 Å². The predicted octanol–water partition coefficient (Wildman–Crippen LogP) is 14.0. The quantitative estimate of drug-likeness (QED) is 0.0986. The van der Waals surface area contributed by atoms with Gasteiger partial charge in [-0.3, -0.25) is 4.79 Å². The molecule has 5 aliphatic carbocycles. The Bertz CT molecular complexity index is 1890. The number of carbonyl (C=O) groups is 1. The zero-order chi connectivity index (χ0) is 42.6. The normalized spacial score (nSPS) is 33.7. The number of carbonyl (C=O) groups excluding carboxylic acids is 1. The Morgan fingerprint density at radius 2 is 1.41 bits per heavy atom. The van der Waals surface area contributed by atoms with Gasteiger partial charge in [-0.2, -0.15) is 0 Å². The van der Waals surface area contributed by atoms with E-state index >= 15 is 0 Å². The van der Waals surface area contributed by atoms with E-state index in [9.17, 15) is 4.79 Å². The molecule has 10 atom stereocenters. The van der Waals surface area contributed by atoms with Crippen LogP contribution < -0.4 is 26.3 Å². The Kier molecular flexibility index (Phi) is 14.0. The van der Waals surface area contributed by atoms with E-state index in [0.29, 0.717) is 53.3 Å². The second-order valence-corrected chi connectivity index (χ2v) is 21.4. The maximum atomic E-state index is 13.4. The molecule has 0 bridgehead atoms. The number of anilines is 3. The number of amides is 1. The molecule has 0 aliphatic heterocycles. The van der Waals surface area contributed by atoms with Crippen LogP contribution in [0.5, 0.6) is 11.5 Å². The Labute approximate surface area is 369 Å². The average Bonchev–Trinajstić information content (AvgIpc) is 3.61. The third-order valence-electron chi connectivity index (χ3n) is 17.7. The van der Waals surface area contributed by atoms with Gasteiger partial charge in [0, 0.05) is 41.5 Å². The van der Waals surface area contributed by atoms with E-state index < -0.39 is 0 Å². The van der Waals surface area contributed by atoms with Crippen LogP contribution in [0.25, 0.3) is 0 Å². The Balaban J connectivity index is 0.863. The number of benzene rings is 3. The van der Waals surface area contributed by atoms with E-state index in [2.05, 4.69) is 63.3 Å². The molecule has 0 saturated heterocycles. The number of fused-ring (bicyclic) bond motifs is 5. The van der Waals surface area contributed by atoms with Gasteiger partial charge in [0.2, 0.25) is 5.91 Å². The van der Waals surface area contributed by atoms with Crippen LogP contribution in [0.15, 0.2) is 72.8 Å². The smallest absolute Gasteiger partial charge is 0.224 e. The molecule has 3 aromatic rings. The molecule has 6 nitrogen and oxygen atoms in total. The lowest BCUT2D eigenvalue weighted by atomic mass is 9.43. The monoisotopic (exact) mass is 830 g/mol. The topological polar surface area (TPSA) is 99.6 Å². The van der Waals surface area contributed by atoms with Crippen molar-refractivity contribution in [2.75, 3.05) is 16.8 Å². The molecule has 0 heterocycles. The van der Waals surface area contributed by atoms with Gasteiger partial charge in [-0.15, -0.1) is 0 Å². The van der Waals surface area contributed by atoms with Crippen LogP contribution in [0.4, 0.5) is 17.1 Å². The van der Waals surface area contributed by atoms with Crippen molar-refractivity contribution in [3.05, 3.63) is 78.4 Å². The van der Waals surface area contributed by atoms with Gasteiger partial charge in [0.25, 0.3) is 0 Å². The highest BCUT2D eigenvalue weighted by atomic mass is 16.5. The molecule has 1 amide bonds. The lowest BCUT2D eigenvalue weighted by molar-refractivity contribution is -0.164. The van der Waals surface area contributed by atoms with E-state index in [1.54, 1.807) is 0 Å². The van der Waals surface area contributed by atoms with Crippen molar-refractivity contribution < 1.29 is 14.3 Å². The summed E-state index contributed by atoms with van der Waals surface area (Å²) in [6.07, 6.45) is 25.0. The Hall–Kier alpha value is -3.67. The van der Waals surface area contributed by atoms with Gasteiger partial charge in [0.05, 0.1) is 6.10 Å². The summed E-state index contributed by atoms with van der Waals surface area (Å²) in [4.78, 5) is 13.4. The zero-order valence-electron chi connectivity index (χ0n) is 38.2. The SMILES string of the molecule is CCCCCCCC1CCC(c2ccc(NC(=O)CC[C@@H](C)[C@H]3CC[C@H]4[C@@H]5CC(Oc6cccc(N)c6)C6CC(Oc7cccc(N)c7)CC[C@]6(C)[C@H]5CC[C@]34C)cc2)CC1. The third kappa shape index (κ3) is 9.94. The minimum Gasteiger partial charge on any atom is -0.490 e. The molecule has 5 aliphatic rings. The fraction of sp³-hybridized carbons (Fsp3) is 0.655. The number of ether oxygens (including phenoxy) is 2. The first kappa shape index (κ1) is 44.0. The average molecular weight is 830 g/mol. The molecule has 0 spiro atoms. The van der Waals surface area contributed by atoms with Gasteiger partial charge in [-0.25, -0.2) is 0 Å². The summed E-state index contributed by atoms with van der Waals surface area (Å²) in [5.74, 6) is 7.07. The highest BCUT2D eigenvalue weighted by molar-refractivity contribution is 5.90. The van der Waals surface area contributed by atoms with Crippen molar-refractivity contribution in [2.24, 2.45) is 52.3 Å². The van der Waals surface area contributed by atoms with Gasteiger partial charge < -0.3 is 26.3 Å². The van der Waals surface area contributed by atoms with Gasteiger partial charge in [0.15, 0.2) is 0 Å². The Morgan fingerprint density at radius 3 is 2.11 bits per heavy atom. The summed E-state index contributed by atoms with van der Waals surface area (Å²) in [7, 11) is 0. The van der Waals surface area contributed by atoms with E-state index in [4.69, 9.17) is 20.9 Å². The molecule has 332 valence electrons. The summed E-state index contributed by atoms with van der Waals surface area (Å²) >= 11 is 0. The molecular formula is C55H79N3O3. The molecule has 5 fully saturated rings. The summed E-state index contributed by atoms with van der Waals surface area (Å²) in [5, 5.41) is 3.27. The number of nitrogens with two attached hydrogens (primary N) is 2. The van der Waals surface area contributed by atoms with Crippen molar-refractivity contribution in [3.8, 4) is 11.5 Å². The van der Waals surface area contributed by atoms with E-state index in [1.807, 2.05) is 42.5 Å². The van der Waals surface area contributed by atoms with Gasteiger partial charge in [-0.05, 0) is 178 Å². The fourth-order valence-corrected chi connectivity index (χ4v) is 14.4. The molecule has 0 aromatic heterocycles. The second-order valence-electron chi connectivity index (χ2n) is 21.4. The number of hydrogen-bond acceptors (Lipinski definition) is 5. The number of nitrogens with one attached hydrogen (secondary N) is 1. The Morgan fingerprint density at radius 1 is 0.738 bits per heavy atom. The summed E-state index contributed by atoms with van der Waals surface area (Å²) in [5.41, 5.74) is 16.8. The number of nitrogen functional groups attached to an aromatic ring is 2. The van der Waals surface area contributed by atoms with Crippen LogP contribution in [-0.2, 0) is 4.79 Å². The predicted molar refractivity (Wildman–Crippen MR) is 253 cm³/mol. The minimum absolute atomic E-state index is 0.113. The fourth-order valence-electron chi connectivity index (χ4n) is 14.4. The van der Waals surface area contributed by atoms with Crippen LogP contribution in [0.3, 0.4) is 0 Å². The minimum atomic E-state index is 0.113. The largest absolute Gasteiger partial charge is 0.490 e. The molecular weight excluding hydrogens is 751 g/mol. The third-order valence-corrected chi connectivity index (χ3v) is 17.7. The summed E-state index contributed by atoms with van der Waals surface area (Å²) < 4.78 is 13.7. The van der Waals surface area contributed by atoms with Crippen molar-refractivity contribution >= 4 is 23.0 Å². The summed E-state index contributed by atoms with van der Waals surface area (Å²) in [6.45, 7) is 9.97. The van der Waals surface area contributed by atoms with Crippen LogP contribution in [0, 0.1) is 52.3 Å². The number of hydrogen-bond donors (Lipinski definition) is 3. The van der Waals surface area contributed by atoms with Gasteiger partial charge in [-0.1, -0.05) is 90.5 Å². The van der Waals surface area contributed by atoms with Gasteiger partial charge >= 0.3 is 0 Å². The molecule has 5 saturated carbocycles. The lowest BCUT2D eigenvalue weighted by Gasteiger charge is -2.63. The second kappa shape index (κ2) is 19.4. The first-order valence-corrected chi connectivity index (χ1v) is 25.0. The molecule has 0 radical (unpaired) electrons. The highest BCUT2D eigenvalue weighted by Crippen LogP contribution is 2.69. The van der Waals surface area contributed by atoms with Crippen LogP contribution in [-0.4, -0.2) is 18.1 Å². The molecule has 61 heavy (non-hydrogen) atoms. The number of unbranched alkanes of at least 4 members (excludes halogenated alkanes) is 4. The first-order chi connectivity index (χ1) is 29.5. The first-order valence-electron chi connectivity index (χ1n) is 25.0. The standard InChI is InChI=1S/C55H79N3O3/c1-5-6-7-8-9-12-38-18-20-39(21-19-38)40-22-24-43(25-23-40)58-53(59)28-17-37(2)48-26-27-49-47-36-52(61-45-16-11-14-42(57)34-45)51-35-46(60-44-15-10-13-41(56)33-44)29-31-55(51,4)50(47)30-32-54(48,49)3/h10-11,13-16,22-25,33-34,37-39,46-52H,5-9,12,17-21,26-32,35-36,56-57H2,1-4H3,(H,58,59)/t37-,38?,39?,46?,47+,48-,49+,50+,51?,52?,54-,55-/m1/s1. The van der Waals surface area contributed by atoms with Crippen LogP contribution in [0.2, 0.25) is 0 Å². The van der Waals surface area contributed by atoms with Crippen molar-refractivity contribution in [2.45, 2.75) is 174 Å². The lowest BCUT2D eigenvalue weighted by Crippen LogP contribution is -2.59. The van der Waals surface area contributed by atoms with Crippen LogP contribution >= 0.6 is 0 Å². The van der Waals surface area contributed by atoms with E-state index in [0.717, 1.165) is 66.6 Å². The molecule has 5 N–H and O–H groups in total. The zero-order valence-corrected chi connectivity index (χ0v) is 38.2. The molecule has 3 aromatic carbocycles. The van der Waals surface area contributed by atoms with E-state index in [-0.39, 0.29) is 23.5 Å². The van der Waals surface area contributed by atoms with E-state index in [1.165, 1.54) is 95.5 Å². The molecule has 8 rings (SSSR count). The number of rotatable bonds is 16. The summed E-state index contributed by atoms with van der Waals surface area (Å²) in [6, 6.07) is 24.8. The van der Waals surface area contributed by atoms with Crippen molar-refractivity contribution in [3.63, 3.8) is 0 Å².